The highest BCUT2D eigenvalue weighted by Gasteiger charge is 2.29. The molecule has 0 fully saturated rings. The van der Waals surface area contributed by atoms with E-state index < -0.39 is 17.6 Å². The fourth-order valence-electron chi connectivity index (χ4n) is 4.90. The lowest BCUT2D eigenvalue weighted by Gasteiger charge is -2.26. The van der Waals surface area contributed by atoms with Crippen LogP contribution >= 0.6 is 7.60 Å². The van der Waals surface area contributed by atoms with E-state index in [1.165, 1.54) is 4.90 Å². The SMILES string of the molecule is CCOP(=O)(OCC)c1ccc2[nH]c(O)c(C(=Nc3ccc(N(CC(=O)N(C)CCN(C)C)S(C)(=O)=O)cc3)c3ccccc3)c2c1. The summed E-state index contributed by atoms with van der Waals surface area (Å²) in [7, 11) is -1.98. The molecule has 252 valence electrons. The van der Waals surface area contributed by atoms with E-state index in [0.717, 1.165) is 10.6 Å². The summed E-state index contributed by atoms with van der Waals surface area (Å²) in [4.78, 5) is 24.2. The van der Waals surface area contributed by atoms with Gasteiger partial charge in [-0.2, -0.15) is 0 Å². The number of aliphatic imine (C=N–C) groups is 1. The Balaban J connectivity index is 1.77. The second-order valence-corrected chi connectivity index (χ2v) is 15.1. The third kappa shape index (κ3) is 8.68. The first kappa shape index (κ1) is 35.8. The van der Waals surface area contributed by atoms with Gasteiger partial charge in [-0.05, 0) is 70.4 Å². The number of likely N-dealkylation sites (N-methyl/N-ethyl adjacent to an activating group) is 2. The zero-order valence-electron chi connectivity index (χ0n) is 27.5. The molecule has 12 nitrogen and oxygen atoms in total. The van der Waals surface area contributed by atoms with Crippen LogP contribution in [0, 0.1) is 0 Å². The van der Waals surface area contributed by atoms with Gasteiger partial charge in [-0.1, -0.05) is 30.3 Å². The Morgan fingerprint density at radius 2 is 1.57 bits per heavy atom. The molecule has 0 radical (unpaired) electrons. The molecule has 3 aromatic carbocycles. The van der Waals surface area contributed by atoms with E-state index in [2.05, 4.69) is 4.98 Å². The van der Waals surface area contributed by atoms with Crippen molar-refractivity contribution < 1.29 is 31.9 Å². The lowest BCUT2D eigenvalue weighted by atomic mass is 10.0. The summed E-state index contributed by atoms with van der Waals surface area (Å²) < 4.78 is 51.3. The molecular formula is C33H42N5O7PS. The smallest absolute Gasteiger partial charge is 0.361 e. The number of benzene rings is 3. The fourth-order valence-corrected chi connectivity index (χ4v) is 7.35. The van der Waals surface area contributed by atoms with Gasteiger partial charge in [0.15, 0.2) is 5.88 Å². The number of fused-ring (bicyclic) bond motifs is 1. The third-order valence-electron chi connectivity index (χ3n) is 7.33. The molecule has 0 aliphatic rings. The topological polar surface area (TPSA) is 145 Å². The van der Waals surface area contributed by atoms with Crippen LogP contribution in [0.25, 0.3) is 10.9 Å². The van der Waals surface area contributed by atoms with Gasteiger partial charge in [0.25, 0.3) is 0 Å². The van der Waals surface area contributed by atoms with Crippen molar-refractivity contribution in [1.82, 2.24) is 14.8 Å². The van der Waals surface area contributed by atoms with Gasteiger partial charge in [-0.15, -0.1) is 0 Å². The minimum absolute atomic E-state index is 0.140. The molecule has 4 rings (SSSR count). The molecule has 14 heteroatoms. The molecule has 1 heterocycles. The highest BCUT2D eigenvalue weighted by molar-refractivity contribution is 7.92. The van der Waals surface area contributed by atoms with Crippen molar-refractivity contribution in [1.29, 1.82) is 0 Å². The number of rotatable bonds is 15. The van der Waals surface area contributed by atoms with Gasteiger partial charge in [0.05, 0.1) is 47.4 Å². The minimum atomic E-state index is -3.79. The van der Waals surface area contributed by atoms with Crippen LogP contribution in [-0.2, 0) is 28.4 Å². The Kier molecular flexibility index (Phi) is 11.6. The van der Waals surface area contributed by atoms with Crippen LogP contribution in [0.3, 0.4) is 0 Å². The van der Waals surface area contributed by atoms with E-state index in [0.29, 0.717) is 57.5 Å². The van der Waals surface area contributed by atoms with E-state index in [1.807, 2.05) is 49.3 Å². The molecular weight excluding hydrogens is 641 g/mol. The summed E-state index contributed by atoms with van der Waals surface area (Å²) >= 11 is 0. The van der Waals surface area contributed by atoms with Crippen LogP contribution < -0.4 is 9.61 Å². The number of amides is 1. The maximum atomic E-state index is 13.6. The van der Waals surface area contributed by atoms with Crippen molar-refractivity contribution in [3.63, 3.8) is 0 Å². The molecule has 0 aliphatic heterocycles. The first-order chi connectivity index (χ1) is 22.3. The van der Waals surface area contributed by atoms with E-state index in [4.69, 9.17) is 14.0 Å². The number of H-pyrrole nitrogens is 1. The quantitative estimate of drug-likeness (QED) is 0.135. The third-order valence-corrected chi connectivity index (χ3v) is 10.6. The van der Waals surface area contributed by atoms with Gasteiger partial charge in [0.2, 0.25) is 15.9 Å². The molecule has 47 heavy (non-hydrogen) atoms. The first-order valence-corrected chi connectivity index (χ1v) is 18.5. The maximum Gasteiger partial charge on any atom is 0.361 e. The second kappa shape index (κ2) is 15.3. The molecule has 0 bridgehead atoms. The molecule has 0 saturated carbocycles. The molecule has 1 amide bonds. The molecule has 1 aromatic heterocycles. The number of sulfonamides is 1. The van der Waals surface area contributed by atoms with Gasteiger partial charge in [-0.3, -0.25) is 13.7 Å². The van der Waals surface area contributed by atoms with Crippen molar-refractivity contribution in [2.45, 2.75) is 13.8 Å². The zero-order chi connectivity index (χ0) is 34.4. The number of aromatic amines is 1. The standard InChI is InChI=1S/C33H42N5O7PS/c1-7-44-46(41,45-8-2)27-18-19-29-28(22-27)31(33(40)35-29)32(24-12-10-9-11-13-24)34-25-14-16-26(17-15-25)38(47(6,42)43)23-30(39)37(5)21-20-36(3)4/h9-19,22,35,40H,7-8,20-21,23H2,1-6H3. The van der Waals surface area contributed by atoms with Crippen LogP contribution in [0.1, 0.15) is 25.0 Å². The number of hydrogen-bond donors (Lipinski definition) is 2. The van der Waals surface area contributed by atoms with Crippen LogP contribution in [0.5, 0.6) is 5.88 Å². The lowest BCUT2D eigenvalue weighted by Crippen LogP contribution is -2.43. The van der Waals surface area contributed by atoms with Crippen molar-refractivity contribution >= 4 is 56.8 Å². The Morgan fingerprint density at radius 1 is 0.936 bits per heavy atom. The van der Waals surface area contributed by atoms with Crippen molar-refractivity contribution in [3.8, 4) is 5.88 Å². The summed E-state index contributed by atoms with van der Waals surface area (Å²) in [5, 5.41) is 12.1. The Bertz CT molecular complexity index is 1870. The van der Waals surface area contributed by atoms with Gasteiger partial charge in [0.1, 0.15) is 6.54 Å². The lowest BCUT2D eigenvalue weighted by molar-refractivity contribution is -0.128. The number of carbonyl (C=O) groups excluding carboxylic acids is 1. The van der Waals surface area contributed by atoms with Gasteiger partial charge >= 0.3 is 7.60 Å². The van der Waals surface area contributed by atoms with E-state index in [1.54, 1.807) is 63.4 Å². The molecule has 0 atom stereocenters. The average Bonchev–Trinajstić information content (AvgIpc) is 3.36. The number of nitrogens with one attached hydrogen (secondary N) is 1. The molecule has 0 aliphatic carbocycles. The number of hydrogen-bond acceptors (Lipinski definition) is 9. The van der Waals surface area contributed by atoms with Crippen LogP contribution in [0.2, 0.25) is 0 Å². The van der Waals surface area contributed by atoms with Crippen molar-refractivity contribution in [3.05, 3.63) is 83.9 Å². The van der Waals surface area contributed by atoms with Gasteiger partial charge in [0, 0.05) is 36.6 Å². The summed E-state index contributed by atoms with van der Waals surface area (Å²) in [5.41, 5.74) is 2.85. The van der Waals surface area contributed by atoms with E-state index in [9.17, 15) is 22.9 Å². The largest absolute Gasteiger partial charge is 0.494 e. The molecule has 0 saturated heterocycles. The normalized spacial score (nSPS) is 12.5. The predicted octanol–water partition coefficient (Wildman–Crippen LogP) is 4.72. The summed E-state index contributed by atoms with van der Waals surface area (Å²) in [6.07, 6.45) is 1.06. The summed E-state index contributed by atoms with van der Waals surface area (Å²) in [6, 6.07) is 20.7. The molecule has 0 spiro atoms. The summed E-state index contributed by atoms with van der Waals surface area (Å²) in [6.45, 7) is 4.60. The Labute approximate surface area is 276 Å². The Morgan fingerprint density at radius 3 is 2.15 bits per heavy atom. The van der Waals surface area contributed by atoms with Crippen LogP contribution in [0.4, 0.5) is 11.4 Å². The van der Waals surface area contributed by atoms with Crippen molar-refractivity contribution in [2.75, 3.05) is 64.6 Å². The average molecular weight is 684 g/mol. The van der Waals surface area contributed by atoms with E-state index in [-0.39, 0.29) is 31.5 Å². The second-order valence-electron chi connectivity index (χ2n) is 11.1. The maximum absolute atomic E-state index is 13.6. The molecule has 2 N–H and O–H groups in total. The fraction of sp³-hybridized carbons (Fsp3) is 0.333. The monoisotopic (exact) mass is 683 g/mol. The van der Waals surface area contributed by atoms with Crippen LogP contribution in [0.15, 0.2) is 77.8 Å². The van der Waals surface area contributed by atoms with Gasteiger partial charge in [-0.25, -0.2) is 13.4 Å². The van der Waals surface area contributed by atoms with E-state index >= 15 is 0 Å². The first-order valence-electron chi connectivity index (χ1n) is 15.1. The zero-order valence-corrected chi connectivity index (χ0v) is 29.2. The minimum Gasteiger partial charge on any atom is -0.494 e. The number of aromatic nitrogens is 1. The van der Waals surface area contributed by atoms with Crippen LogP contribution in [-0.4, -0.2) is 100 Å². The van der Waals surface area contributed by atoms with Gasteiger partial charge < -0.3 is 28.9 Å². The highest BCUT2D eigenvalue weighted by atomic mass is 32.2. The predicted molar refractivity (Wildman–Crippen MR) is 187 cm³/mol. The number of aromatic hydroxyl groups is 1. The molecule has 4 aromatic rings. The number of nitrogens with zero attached hydrogens (tertiary/aromatic N) is 4. The Hall–Kier alpha value is -4.00. The number of anilines is 1. The number of carbonyl (C=O) groups is 1. The highest BCUT2D eigenvalue weighted by Crippen LogP contribution is 2.47. The molecule has 0 unspecified atom stereocenters. The van der Waals surface area contributed by atoms with Crippen molar-refractivity contribution in [2.24, 2.45) is 4.99 Å². The summed E-state index contributed by atoms with van der Waals surface area (Å²) in [5.74, 6) is -0.475.